The highest BCUT2D eigenvalue weighted by Crippen LogP contribution is 2.19. The third-order valence-electron chi connectivity index (χ3n) is 2.52. The van der Waals surface area contributed by atoms with Crippen LogP contribution in [0.15, 0.2) is 30.3 Å². The van der Waals surface area contributed by atoms with Crippen LogP contribution in [0.4, 0.5) is 21.8 Å². The van der Waals surface area contributed by atoms with Gasteiger partial charge in [0.15, 0.2) is 0 Å². The Bertz CT molecular complexity index is 557. The molecule has 19 heavy (non-hydrogen) atoms. The van der Waals surface area contributed by atoms with E-state index >= 15 is 0 Å². The van der Waals surface area contributed by atoms with Crippen molar-refractivity contribution >= 4 is 17.5 Å². The molecule has 0 unspecified atom stereocenters. The largest absolute Gasteiger partial charge is 0.354 e. The molecule has 0 saturated heterocycles. The van der Waals surface area contributed by atoms with E-state index in [4.69, 9.17) is 0 Å². The van der Waals surface area contributed by atoms with Gasteiger partial charge < -0.3 is 10.6 Å². The maximum absolute atomic E-state index is 13.6. The molecule has 0 atom stereocenters. The van der Waals surface area contributed by atoms with Gasteiger partial charge in [-0.05, 0) is 25.5 Å². The van der Waals surface area contributed by atoms with Crippen molar-refractivity contribution < 1.29 is 4.39 Å². The quantitative estimate of drug-likeness (QED) is 0.864. The van der Waals surface area contributed by atoms with Crippen LogP contribution in [0, 0.1) is 12.7 Å². The number of hydrogen-bond acceptors (Lipinski definition) is 4. The molecule has 1 aromatic heterocycles. The van der Waals surface area contributed by atoms with Gasteiger partial charge >= 0.3 is 0 Å². The fourth-order valence-electron chi connectivity index (χ4n) is 1.65. The summed E-state index contributed by atoms with van der Waals surface area (Å²) >= 11 is 0. The van der Waals surface area contributed by atoms with E-state index in [9.17, 15) is 4.39 Å². The summed E-state index contributed by atoms with van der Waals surface area (Å²) in [5, 5.41) is 6.08. The van der Waals surface area contributed by atoms with E-state index in [1.807, 2.05) is 6.92 Å². The molecular weight excluding hydrogens is 243 g/mol. The molecule has 0 amide bonds. The Morgan fingerprint density at radius 1 is 1.21 bits per heavy atom. The Balaban J connectivity index is 2.20. The SMILES string of the molecule is CCCNc1nc(C)cc(Nc2ccccc2F)n1. The first-order valence-electron chi connectivity index (χ1n) is 6.30. The zero-order valence-corrected chi connectivity index (χ0v) is 11.1. The topological polar surface area (TPSA) is 49.8 Å². The lowest BCUT2D eigenvalue weighted by Crippen LogP contribution is -2.07. The van der Waals surface area contributed by atoms with Gasteiger partial charge in [0.2, 0.25) is 5.95 Å². The van der Waals surface area contributed by atoms with Gasteiger partial charge in [-0.25, -0.2) is 9.37 Å². The summed E-state index contributed by atoms with van der Waals surface area (Å²) in [6.45, 7) is 4.76. The highest BCUT2D eigenvalue weighted by Gasteiger charge is 2.05. The molecule has 0 radical (unpaired) electrons. The van der Waals surface area contributed by atoms with Gasteiger partial charge in [-0.2, -0.15) is 4.98 Å². The first-order chi connectivity index (χ1) is 9.19. The molecule has 1 aromatic carbocycles. The monoisotopic (exact) mass is 260 g/mol. The number of hydrogen-bond donors (Lipinski definition) is 2. The van der Waals surface area contributed by atoms with Crippen molar-refractivity contribution in [2.24, 2.45) is 0 Å². The van der Waals surface area contributed by atoms with E-state index in [-0.39, 0.29) is 5.82 Å². The maximum Gasteiger partial charge on any atom is 0.224 e. The van der Waals surface area contributed by atoms with E-state index in [1.165, 1.54) is 6.07 Å². The van der Waals surface area contributed by atoms with Crippen LogP contribution in [0.3, 0.4) is 0 Å². The number of para-hydroxylation sites is 1. The number of benzene rings is 1. The van der Waals surface area contributed by atoms with Gasteiger partial charge in [0.05, 0.1) is 5.69 Å². The number of anilines is 3. The Morgan fingerprint density at radius 3 is 2.74 bits per heavy atom. The van der Waals surface area contributed by atoms with Crippen molar-refractivity contribution in [1.82, 2.24) is 9.97 Å². The fraction of sp³-hybridized carbons (Fsp3) is 0.286. The molecule has 2 aromatic rings. The number of halogens is 1. The summed E-state index contributed by atoms with van der Waals surface area (Å²) in [6.07, 6.45) is 0.993. The van der Waals surface area contributed by atoms with E-state index < -0.39 is 0 Å². The molecule has 4 nitrogen and oxygen atoms in total. The van der Waals surface area contributed by atoms with E-state index in [1.54, 1.807) is 24.3 Å². The minimum atomic E-state index is -0.304. The van der Waals surface area contributed by atoms with Crippen LogP contribution in [0.1, 0.15) is 19.0 Å². The lowest BCUT2D eigenvalue weighted by atomic mass is 10.3. The van der Waals surface area contributed by atoms with E-state index in [2.05, 4.69) is 27.5 Å². The Labute approximate surface area is 112 Å². The zero-order chi connectivity index (χ0) is 13.7. The van der Waals surface area contributed by atoms with Crippen molar-refractivity contribution in [3.05, 3.63) is 41.8 Å². The van der Waals surface area contributed by atoms with Crippen molar-refractivity contribution in [3.63, 3.8) is 0 Å². The predicted octanol–water partition coefficient (Wildman–Crippen LogP) is 3.49. The minimum Gasteiger partial charge on any atom is -0.354 e. The molecular formula is C14H17FN4. The number of nitrogens with zero attached hydrogens (tertiary/aromatic N) is 2. The predicted molar refractivity (Wildman–Crippen MR) is 75.2 cm³/mol. The second kappa shape index (κ2) is 6.13. The molecule has 0 bridgehead atoms. The number of aryl methyl sites for hydroxylation is 1. The van der Waals surface area contributed by atoms with Gasteiger partial charge in [-0.15, -0.1) is 0 Å². The second-order valence-corrected chi connectivity index (χ2v) is 4.25. The third kappa shape index (κ3) is 3.64. The van der Waals surface area contributed by atoms with Gasteiger partial charge in [0.25, 0.3) is 0 Å². The van der Waals surface area contributed by atoms with Crippen LogP contribution in [0.25, 0.3) is 0 Å². The lowest BCUT2D eigenvalue weighted by Gasteiger charge is -2.10. The van der Waals surface area contributed by atoms with Crippen LogP contribution in [0.2, 0.25) is 0 Å². The first-order valence-corrected chi connectivity index (χ1v) is 6.30. The maximum atomic E-state index is 13.6. The highest BCUT2D eigenvalue weighted by atomic mass is 19.1. The van der Waals surface area contributed by atoms with Crippen LogP contribution in [-0.2, 0) is 0 Å². The normalized spacial score (nSPS) is 10.3. The van der Waals surface area contributed by atoms with Crippen LogP contribution < -0.4 is 10.6 Å². The summed E-state index contributed by atoms with van der Waals surface area (Å²) in [7, 11) is 0. The Morgan fingerprint density at radius 2 is 2.00 bits per heavy atom. The fourth-order valence-corrected chi connectivity index (χ4v) is 1.65. The number of rotatable bonds is 5. The Kier molecular flexibility index (Phi) is 4.28. The molecule has 0 spiro atoms. The van der Waals surface area contributed by atoms with E-state index in [0.29, 0.717) is 17.5 Å². The van der Waals surface area contributed by atoms with E-state index in [0.717, 1.165) is 18.7 Å². The average Bonchev–Trinajstić information content (AvgIpc) is 2.38. The standard InChI is InChI=1S/C14H17FN4/c1-3-8-16-14-17-10(2)9-13(19-14)18-12-7-5-4-6-11(12)15/h4-7,9H,3,8H2,1-2H3,(H2,16,17,18,19). The van der Waals surface area contributed by atoms with Gasteiger partial charge in [0.1, 0.15) is 11.6 Å². The summed E-state index contributed by atoms with van der Waals surface area (Å²) < 4.78 is 13.6. The molecule has 0 fully saturated rings. The first kappa shape index (κ1) is 13.3. The zero-order valence-electron chi connectivity index (χ0n) is 11.1. The molecule has 5 heteroatoms. The third-order valence-corrected chi connectivity index (χ3v) is 2.52. The number of aromatic nitrogens is 2. The minimum absolute atomic E-state index is 0.304. The van der Waals surface area contributed by atoms with Crippen molar-refractivity contribution in [3.8, 4) is 0 Å². The molecule has 0 aliphatic heterocycles. The molecule has 0 saturated carbocycles. The van der Waals surface area contributed by atoms with Crippen LogP contribution in [0.5, 0.6) is 0 Å². The molecule has 0 aliphatic carbocycles. The summed E-state index contributed by atoms with van der Waals surface area (Å²) in [5.41, 5.74) is 1.23. The number of nitrogens with one attached hydrogen (secondary N) is 2. The smallest absolute Gasteiger partial charge is 0.224 e. The molecule has 2 rings (SSSR count). The van der Waals surface area contributed by atoms with Crippen LogP contribution in [-0.4, -0.2) is 16.5 Å². The average molecular weight is 260 g/mol. The molecule has 100 valence electrons. The van der Waals surface area contributed by atoms with Gasteiger partial charge in [0, 0.05) is 18.3 Å². The molecule has 0 aliphatic rings. The summed E-state index contributed by atoms with van der Waals surface area (Å²) in [4.78, 5) is 8.59. The van der Waals surface area contributed by atoms with Gasteiger partial charge in [-0.1, -0.05) is 19.1 Å². The van der Waals surface area contributed by atoms with Gasteiger partial charge in [-0.3, -0.25) is 0 Å². The second-order valence-electron chi connectivity index (χ2n) is 4.25. The van der Waals surface area contributed by atoms with Crippen molar-refractivity contribution in [2.45, 2.75) is 20.3 Å². The summed E-state index contributed by atoms with van der Waals surface area (Å²) in [6, 6.07) is 8.29. The van der Waals surface area contributed by atoms with Crippen molar-refractivity contribution in [2.75, 3.05) is 17.2 Å². The summed E-state index contributed by atoms with van der Waals surface area (Å²) in [5.74, 6) is 0.832. The van der Waals surface area contributed by atoms with Crippen LogP contribution >= 0.6 is 0 Å². The Hall–Kier alpha value is -2.17. The lowest BCUT2D eigenvalue weighted by molar-refractivity contribution is 0.632. The van der Waals surface area contributed by atoms with Crippen molar-refractivity contribution in [1.29, 1.82) is 0 Å². The highest BCUT2D eigenvalue weighted by molar-refractivity contribution is 5.58. The molecule has 2 N–H and O–H groups in total. The molecule has 1 heterocycles.